The van der Waals surface area contributed by atoms with Crippen LogP contribution in [0.3, 0.4) is 0 Å². The molecule has 0 spiro atoms. The summed E-state index contributed by atoms with van der Waals surface area (Å²) in [6, 6.07) is 5.64. The molecule has 30 heavy (non-hydrogen) atoms. The van der Waals surface area contributed by atoms with E-state index in [1.54, 1.807) is 20.0 Å². The molecule has 1 unspecified atom stereocenters. The summed E-state index contributed by atoms with van der Waals surface area (Å²) in [6.45, 7) is 18.0. The van der Waals surface area contributed by atoms with Crippen LogP contribution < -0.4 is 0 Å². The molecule has 2 heterocycles. The quantitative estimate of drug-likeness (QED) is 0.468. The molecule has 0 radical (unpaired) electrons. The summed E-state index contributed by atoms with van der Waals surface area (Å²) in [5.74, 6) is 0.308. The average molecular weight is 435 g/mol. The molecule has 7 heteroatoms. The van der Waals surface area contributed by atoms with Crippen molar-refractivity contribution < 1.29 is 13.7 Å². The number of hydrogen-bond donors (Lipinski definition) is 0. The Morgan fingerprint density at radius 3 is 2.53 bits per heavy atom. The van der Waals surface area contributed by atoms with Gasteiger partial charge in [-0.3, -0.25) is 4.98 Å². The Bertz CT molecular complexity index is 792. The molecule has 0 saturated carbocycles. The SMILES string of the molecule is [CH2+]C(C)(C)S(=O)/N=C(\CC[C@@H]1CN(C(=O)OC(C)(C)C)C(C)(C)C1)c1ccccn1. The zero-order valence-corrected chi connectivity index (χ0v) is 20.2. The summed E-state index contributed by atoms with van der Waals surface area (Å²) in [5.41, 5.74) is 0.665. The number of likely N-dealkylation sites (tertiary alicyclic amines) is 1. The Balaban J connectivity index is 2.13. The predicted octanol–water partition coefficient (Wildman–Crippen LogP) is 4.96. The normalized spacial score (nSPS) is 20.8. The first-order valence-electron chi connectivity index (χ1n) is 10.5. The highest BCUT2D eigenvalue weighted by Gasteiger charge is 2.42. The van der Waals surface area contributed by atoms with Crippen LogP contribution in [0, 0.1) is 12.8 Å². The molecule has 2 atom stereocenters. The maximum absolute atomic E-state index is 12.7. The standard InChI is InChI=1S/C23H36N3O3S/c1-21(2,3)29-20(27)26-16-17(15-23(26,7)8)12-13-19(18-11-9-10-14-24-18)25-30(28)22(4,5)6/h9-11,14,17H,4,12-13,15-16H2,1-3,5-8H3/q+1/b25-19+/t17-,30?/m0/s1. The van der Waals surface area contributed by atoms with E-state index in [0.29, 0.717) is 18.9 Å². The molecule has 166 valence electrons. The summed E-state index contributed by atoms with van der Waals surface area (Å²) in [4.78, 5) is 18.9. The number of carbonyl (C=O) groups excluding carboxylic acids is 1. The lowest BCUT2D eigenvalue weighted by Crippen LogP contribution is -2.45. The average Bonchev–Trinajstić information content (AvgIpc) is 2.91. The van der Waals surface area contributed by atoms with Gasteiger partial charge in [0.1, 0.15) is 5.60 Å². The minimum atomic E-state index is -1.46. The Morgan fingerprint density at radius 2 is 2.00 bits per heavy atom. The molecule has 2 rings (SSSR count). The number of hydrogen-bond acceptors (Lipinski definition) is 4. The van der Waals surface area contributed by atoms with E-state index >= 15 is 0 Å². The van der Waals surface area contributed by atoms with E-state index in [0.717, 1.165) is 24.2 Å². The number of rotatable bonds is 6. The molecular weight excluding hydrogens is 398 g/mol. The molecule has 0 bridgehead atoms. The summed E-state index contributed by atoms with van der Waals surface area (Å²) >= 11 is 0. The van der Waals surface area contributed by atoms with Gasteiger partial charge in [-0.25, -0.2) is 9.00 Å². The number of nitrogens with zero attached hydrogens (tertiary/aromatic N) is 3. The Labute approximate surface area is 184 Å². The lowest BCUT2D eigenvalue weighted by atomic mass is 9.92. The van der Waals surface area contributed by atoms with Crippen molar-refractivity contribution in [2.75, 3.05) is 6.54 Å². The monoisotopic (exact) mass is 434 g/mol. The van der Waals surface area contributed by atoms with Crippen molar-refractivity contribution in [2.45, 2.75) is 83.6 Å². The summed E-state index contributed by atoms with van der Waals surface area (Å²) in [6.07, 6.45) is 3.79. The van der Waals surface area contributed by atoms with Gasteiger partial charge >= 0.3 is 6.09 Å². The number of aromatic nitrogens is 1. The lowest BCUT2D eigenvalue weighted by molar-refractivity contribution is 0.0131. The van der Waals surface area contributed by atoms with Crippen LogP contribution in [0.1, 0.15) is 73.4 Å². The van der Waals surface area contributed by atoms with Crippen molar-refractivity contribution in [3.63, 3.8) is 0 Å². The molecule has 1 aromatic rings. The van der Waals surface area contributed by atoms with E-state index in [9.17, 15) is 9.00 Å². The van der Waals surface area contributed by atoms with Crippen LogP contribution in [0.2, 0.25) is 0 Å². The van der Waals surface area contributed by atoms with Gasteiger partial charge in [-0.15, -0.1) is 0 Å². The highest BCUT2D eigenvalue weighted by molar-refractivity contribution is 7.85. The number of amides is 1. The zero-order chi connectivity index (χ0) is 22.7. The second-order valence-electron chi connectivity index (χ2n) is 10.3. The van der Waals surface area contributed by atoms with E-state index < -0.39 is 21.3 Å². The van der Waals surface area contributed by atoms with Crippen LogP contribution in [0.25, 0.3) is 0 Å². The van der Waals surface area contributed by atoms with E-state index in [4.69, 9.17) is 4.74 Å². The molecule has 1 saturated heterocycles. The molecule has 0 N–H and O–H groups in total. The van der Waals surface area contributed by atoms with Gasteiger partial charge in [-0.05, 0) is 85.8 Å². The first-order valence-corrected chi connectivity index (χ1v) is 11.6. The fraction of sp³-hybridized carbons (Fsp3) is 0.652. The lowest BCUT2D eigenvalue weighted by Gasteiger charge is -2.33. The molecule has 1 aromatic heterocycles. The number of carbonyl (C=O) groups is 1. The maximum Gasteiger partial charge on any atom is 0.410 e. The minimum absolute atomic E-state index is 0.270. The highest BCUT2D eigenvalue weighted by atomic mass is 32.2. The summed E-state index contributed by atoms with van der Waals surface area (Å²) < 4.78 is 22.0. The highest BCUT2D eigenvalue weighted by Crippen LogP contribution is 2.36. The molecule has 0 aromatic carbocycles. The van der Waals surface area contributed by atoms with E-state index in [2.05, 4.69) is 30.2 Å². The van der Waals surface area contributed by atoms with Crippen molar-refractivity contribution in [2.24, 2.45) is 10.3 Å². The molecule has 0 aliphatic carbocycles. The molecule has 6 nitrogen and oxygen atoms in total. The minimum Gasteiger partial charge on any atom is -0.444 e. The second kappa shape index (κ2) is 9.08. The first-order chi connectivity index (χ1) is 13.7. The number of ether oxygens (including phenoxy) is 1. The van der Waals surface area contributed by atoms with Crippen LogP contribution in [-0.2, 0) is 15.7 Å². The van der Waals surface area contributed by atoms with E-state index in [-0.39, 0.29) is 11.6 Å². The predicted molar refractivity (Wildman–Crippen MR) is 123 cm³/mol. The van der Waals surface area contributed by atoms with Crippen molar-refractivity contribution in [1.29, 1.82) is 0 Å². The van der Waals surface area contributed by atoms with E-state index in [1.807, 2.05) is 43.9 Å². The molecule has 1 amide bonds. The van der Waals surface area contributed by atoms with Gasteiger partial charge in [0.25, 0.3) is 0 Å². The van der Waals surface area contributed by atoms with Crippen molar-refractivity contribution in [3.8, 4) is 0 Å². The smallest absolute Gasteiger partial charge is 0.410 e. The van der Waals surface area contributed by atoms with Gasteiger partial charge in [0.15, 0.2) is 15.7 Å². The molecule has 1 aliphatic heterocycles. The third kappa shape index (κ3) is 6.83. The van der Waals surface area contributed by atoms with Gasteiger partial charge in [0.05, 0.1) is 18.3 Å². The largest absolute Gasteiger partial charge is 0.444 e. The maximum atomic E-state index is 12.7. The second-order valence-corrected chi connectivity index (χ2v) is 12.1. The van der Waals surface area contributed by atoms with E-state index in [1.165, 1.54) is 0 Å². The Kier molecular flexibility index (Phi) is 7.38. The fourth-order valence-corrected chi connectivity index (χ4v) is 4.17. The molecule has 1 fully saturated rings. The summed E-state index contributed by atoms with van der Waals surface area (Å²) in [7, 11) is -1.46. The topological polar surface area (TPSA) is 71.9 Å². The van der Waals surface area contributed by atoms with Crippen molar-refractivity contribution in [1.82, 2.24) is 9.88 Å². The van der Waals surface area contributed by atoms with Crippen molar-refractivity contribution >= 4 is 22.8 Å². The molecule has 1 aliphatic rings. The third-order valence-electron chi connectivity index (χ3n) is 4.99. The van der Waals surface area contributed by atoms with Gasteiger partial charge < -0.3 is 9.64 Å². The van der Waals surface area contributed by atoms with Crippen LogP contribution >= 0.6 is 0 Å². The van der Waals surface area contributed by atoms with Crippen LogP contribution in [0.15, 0.2) is 28.8 Å². The third-order valence-corrected chi connectivity index (χ3v) is 6.32. The first kappa shape index (κ1) is 24.4. The van der Waals surface area contributed by atoms with Gasteiger partial charge in [-0.2, -0.15) is 4.40 Å². The van der Waals surface area contributed by atoms with Gasteiger partial charge in [-0.1, -0.05) is 6.07 Å². The molecular formula is C23H36N3O3S+. The van der Waals surface area contributed by atoms with Crippen LogP contribution in [0.4, 0.5) is 4.79 Å². The zero-order valence-electron chi connectivity index (χ0n) is 19.4. The summed E-state index contributed by atoms with van der Waals surface area (Å²) in [5, 5.41) is 0. The van der Waals surface area contributed by atoms with Gasteiger partial charge in [0.2, 0.25) is 0 Å². The van der Waals surface area contributed by atoms with Crippen LogP contribution in [0.5, 0.6) is 0 Å². The Morgan fingerprint density at radius 1 is 1.33 bits per heavy atom. The Hall–Kier alpha value is -1.89. The van der Waals surface area contributed by atoms with Crippen LogP contribution in [-0.4, -0.2) is 48.3 Å². The fourth-order valence-electron chi connectivity index (χ4n) is 3.54. The van der Waals surface area contributed by atoms with Gasteiger partial charge in [0, 0.05) is 18.3 Å². The van der Waals surface area contributed by atoms with Crippen molar-refractivity contribution in [3.05, 3.63) is 37.0 Å². The number of pyridine rings is 1.